The van der Waals surface area contributed by atoms with Gasteiger partial charge in [-0.1, -0.05) is 66.7 Å². The Morgan fingerprint density at radius 2 is 1.61 bits per heavy atom. The number of hydrogen-bond donors (Lipinski definition) is 1. The maximum absolute atomic E-state index is 12.5. The quantitative estimate of drug-likeness (QED) is 0.0993. The van der Waals surface area contributed by atoms with E-state index < -0.39 is 6.10 Å². The average molecular weight is 502 g/mol. The van der Waals surface area contributed by atoms with Crippen molar-refractivity contribution in [2.24, 2.45) is 11.8 Å². The normalized spacial score (nSPS) is 25.7. The fourth-order valence-corrected chi connectivity index (χ4v) is 7.67. The predicted octanol–water partition coefficient (Wildman–Crippen LogP) is 6.42. The second-order valence-electron chi connectivity index (χ2n) is 11.4. The molecule has 190 valence electrons. The molecule has 0 radical (unpaired) electrons. The van der Waals surface area contributed by atoms with Gasteiger partial charge in [-0.15, -0.1) is 6.58 Å². The average Bonchev–Trinajstić information content (AvgIpc) is 2.97. The van der Waals surface area contributed by atoms with E-state index in [0.29, 0.717) is 17.4 Å². The minimum atomic E-state index is -0.657. The van der Waals surface area contributed by atoms with Gasteiger partial charge < -0.3 is 14.8 Å². The first-order chi connectivity index (χ1) is 18.6. The highest BCUT2D eigenvalue weighted by Crippen LogP contribution is 2.49. The van der Waals surface area contributed by atoms with Crippen LogP contribution in [0.3, 0.4) is 0 Å². The molecule has 8 rings (SSSR count). The fourth-order valence-electron chi connectivity index (χ4n) is 7.67. The standard InChI is InChI=1S/C34H33N2O2/c1-2-23-21-36(22-31-27-11-5-3-9-25(27)19-26-10-4-6-12-28(26)31)18-16-24(23)20-33(36)34(37)30-15-17-35(38)32-14-8-7-13-29(30)32/h2-15,17,19,23-24,33-34,37H,1,16,18,20-22H2/q+1/t23?,24?,33?,34-,36?/m0/s1. The van der Waals surface area contributed by atoms with Crippen LogP contribution in [0, 0.1) is 17.0 Å². The van der Waals surface area contributed by atoms with Crippen molar-refractivity contribution in [1.29, 1.82) is 0 Å². The van der Waals surface area contributed by atoms with Crippen LogP contribution in [-0.2, 0) is 6.54 Å². The van der Waals surface area contributed by atoms with E-state index in [2.05, 4.69) is 67.3 Å². The molecule has 0 aliphatic carbocycles. The van der Waals surface area contributed by atoms with Gasteiger partial charge in [0.05, 0.1) is 18.5 Å². The lowest BCUT2D eigenvalue weighted by molar-refractivity contribution is -0.984. The number of rotatable bonds is 5. The Morgan fingerprint density at radius 3 is 2.32 bits per heavy atom. The van der Waals surface area contributed by atoms with Gasteiger partial charge in [0, 0.05) is 42.0 Å². The third-order valence-electron chi connectivity index (χ3n) is 9.56. The largest absolute Gasteiger partial charge is 0.618 e. The zero-order valence-electron chi connectivity index (χ0n) is 21.5. The molecule has 1 aromatic heterocycles. The first kappa shape index (κ1) is 23.4. The Morgan fingerprint density at radius 1 is 0.947 bits per heavy atom. The molecular weight excluding hydrogens is 468 g/mol. The first-order valence-corrected chi connectivity index (χ1v) is 13.7. The van der Waals surface area contributed by atoms with E-state index in [-0.39, 0.29) is 6.04 Å². The minimum Gasteiger partial charge on any atom is -0.618 e. The Hall–Kier alpha value is -3.73. The van der Waals surface area contributed by atoms with Gasteiger partial charge in [-0.05, 0) is 39.6 Å². The first-order valence-electron chi connectivity index (χ1n) is 13.7. The Kier molecular flexibility index (Phi) is 5.50. The van der Waals surface area contributed by atoms with Gasteiger partial charge in [-0.3, -0.25) is 0 Å². The van der Waals surface area contributed by atoms with E-state index in [1.807, 2.05) is 30.3 Å². The summed E-state index contributed by atoms with van der Waals surface area (Å²) in [5.74, 6) is 0.987. The number of para-hydroxylation sites is 1. The van der Waals surface area contributed by atoms with Crippen molar-refractivity contribution in [3.8, 4) is 0 Å². The van der Waals surface area contributed by atoms with E-state index >= 15 is 0 Å². The van der Waals surface area contributed by atoms with Crippen LogP contribution < -0.4 is 4.73 Å². The van der Waals surface area contributed by atoms with Crippen molar-refractivity contribution in [2.75, 3.05) is 13.1 Å². The van der Waals surface area contributed by atoms with Gasteiger partial charge in [-0.2, -0.15) is 4.73 Å². The molecule has 2 bridgehead atoms. The van der Waals surface area contributed by atoms with Crippen molar-refractivity contribution < 1.29 is 14.3 Å². The highest BCUT2D eigenvalue weighted by atomic mass is 16.5. The molecule has 4 heterocycles. The zero-order chi connectivity index (χ0) is 25.9. The zero-order valence-corrected chi connectivity index (χ0v) is 21.5. The third-order valence-corrected chi connectivity index (χ3v) is 9.56. The molecule has 3 aliphatic rings. The van der Waals surface area contributed by atoms with Crippen LogP contribution in [0.15, 0.2) is 104 Å². The molecule has 4 nitrogen and oxygen atoms in total. The number of quaternary nitrogens is 1. The molecule has 4 unspecified atom stereocenters. The molecule has 5 atom stereocenters. The number of aliphatic hydroxyl groups is 1. The van der Waals surface area contributed by atoms with Gasteiger partial charge in [0.1, 0.15) is 18.7 Å². The number of aromatic nitrogens is 1. The molecular formula is C34H33N2O2+. The number of piperidine rings is 3. The fraction of sp³-hybridized carbons (Fsp3) is 0.265. The smallest absolute Gasteiger partial charge is 0.224 e. The van der Waals surface area contributed by atoms with Crippen LogP contribution in [0.5, 0.6) is 0 Å². The number of pyridine rings is 1. The molecule has 3 aliphatic heterocycles. The van der Waals surface area contributed by atoms with Crippen LogP contribution in [0.1, 0.15) is 30.1 Å². The van der Waals surface area contributed by atoms with Crippen molar-refractivity contribution in [3.05, 3.63) is 120 Å². The minimum absolute atomic E-state index is 0.0496. The lowest BCUT2D eigenvalue weighted by atomic mass is 9.71. The number of nitrogens with zero attached hydrogens (tertiary/aromatic N) is 2. The van der Waals surface area contributed by atoms with Crippen molar-refractivity contribution in [3.63, 3.8) is 0 Å². The maximum atomic E-state index is 12.5. The molecule has 4 heteroatoms. The summed E-state index contributed by atoms with van der Waals surface area (Å²) in [4.78, 5) is 0. The summed E-state index contributed by atoms with van der Waals surface area (Å²) in [5.41, 5.74) is 2.84. The molecule has 0 saturated carbocycles. The monoisotopic (exact) mass is 501 g/mol. The molecule has 4 aromatic carbocycles. The lowest BCUT2D eigenvalue weighted by Gasteiger charge is -2.58. The van der Waals surface area contributed by atoms with Crippen LogP contribution in [-0.4, -0.2) is 28.7 Å². The third kappa shape index (κ3) is 3.55. The number of hydrogen-bond acceptors (Lipinski definition) is 2. The van der Waals surface area contributed by atoms with Gasteiger partial charge in [0.2, 0.25) is 5.52 Å². The lowest BCUT2D eigenvalue weighted by Crippen LogP contribution is -2.67. The number of aliphatic hydroxyl groups excluding tert-OH is 1. The maximum Gasteiger partial charge on any atom is 0.224 e. The topological polar surface area (TPSA) is 47.2 Å². The highest BCUT2D eigenvalue weighted by Gasteiger charge is 2.54. The summed E-state index contributed by atoms with van der Waals surface area (Å²) in [6.07, 6.45) is 5.15. The molecule has 0 spiro atoms. The summed E-state index contributed by atoms with van der Waals surface area (Å²) < 4.78 is 1.74. The van der Waals surface area contributed by atoms with Crippen molar-refractivity contribution >= 4 is 32.4 Å². The summed E-state index contributed by atoms with van der Waals surface area (Å²) in [7, 11) is 0. The molecule has 0 amide bonds. The number of benzene rings is 4. The second kappa shape index (κ2) is 8.93. The van der Waals surface area contributed by atoms with Crippen molar-refractivity contribution in [2.45, 2.75) is 31.5 Å². The molecule has 1 N–H and O–H groups in total. The van der Waals surface area contributed by atoms with E-state index in [4.69, 9.17) is 0 Å². The second-order valence-corrected chi connectivity index (χ2v) is 11.4. The van der Waals surface area contributed by atoms with Gasteiger partial charge in [0.25, 0.3) is 0 Å². The summed E-state index contributed by atoms with van der Waals surface area (Å²) >= 11 is 0. The van der Waals surface area contributed by atoms with E-state index in [1.54, 1.807) is 6.20 Å². The Balaban J connectivity index is 1.39. The van der Waals surface area contributed by atoms with Crippen molar-refractivity contribution in [1.82, 2.24) is 0 Å². The van der Waals surface area contributed by atoms with E-state index in [1.165, 1.54) is 27.1 Å². The van der Waals surface area contributed by atoms with Crippen LogP contribution >= 0.6 is 0 Å². The highest BCUT2D eigenvalue weighted by molar-refractivity contribution is 6.02. The van der Waals surface area contributed by atoms with Crippen LogP contribution in [0.25, 0.3) is 32.4 Å². The molecule has 5 aromatic rings. The van der Waals surface area contributed by atoms with Gasteiger partial charge >= 0.3 is 0 Å². The molecule has 3 saturated heterocycles. The van der Waals surface area contributed by atoms with E-state index in [0.717, 1.165) is 52.6 Å². The van der Waals surface area contributed by atoms with Gasteiger partial charge in [-0.25, -0.2) is 0 Å². The Bertz CT molecular complexity index is 1640. The van der Waals surface area contributed by atoms with Crippen LogP contribution in [0.2, 0.25) is 0 Å². The van der Waals surface area contributed by atoms with Crippen LogP contribution in [0.4, 0.5) is 0 Å². The molecule has 3 fully saturated rings. The summed E-state index contributed by atoms with van der Waals surface area (Å²) in [6.45, 7) is 7.11. The SMILES string of the molecule is C=CC1C[N+]2(Cc3c4ccccc4cc4ccccc34)CCC1CC2[C@@H](O)c1cc[n+]([O-])c2ccccc12. The van der Waals surface area contributed by atoms with Gasteiger partial charge in [0.15, 0.2) is 6.20 Å². The number of fused-ring (bicyclic) bond motifs is 6. The summed E-state index contributed by atoms with van der Waals surface area (Å²) in [6, 6.07) is 29.2. The predicted molar refractivity (Wildman–Crippen MR) is 153 cm³/mol. The Labute approximate surface area is 223 Å². The van der Waals surface area contributed by atoms with E-state index in [9.17, 15) is 10.3 Å². The summed E-state index contributed by atoms with van der Waals surface area (Å²) in [5, 5.41) is 30.6. The molecule has 38 heavy (non-hydrogen) atoms.